The van der Waals surface area contributed by atoms with Crippen LogP contribution in [-0.4, -0.2) is 26.1 Å². The number of halogens is 4. The second-order valence-corrected chi connectivity index (χ2v) is 22.5. The molecular weight excluding hydrogens is 533 g/mol. The molecule has 0 bridgehead atoms. The van der Waals surface area contributed by atoms with Crippen molar-refractivity contribution < 1.29 is 17.6 Å². The number of benzene rings is 2. The minimum Gasteiger partial charge on any atom is -0.252 e. The summed E-state index contributed by atoms with van der Waals surface area (Å²) in [5.74, 6) is -2.19. The molecule has 0 aliphatic heterocycles. The number of aromatic nitrogens is 2. The Hall–Kier alpha value is -3.11. The standard InChI is InChI=1S/C31H34F4N2Si2/c1-31(2,25-13-9-11-23(36-25)19-15-17-21(32)29(27(19)34)38(3,4)5)26-14-10-12-24(37-26)20-16-18-22(33)30(28(20)35)39(6,7)8/h9-18H,1-8H3. The fraction of sp³-hybridized carbons (Fsp3) is 0.290. The Balaban J connectivity index is 1.80. The van der Waals surface area contributed by atoms with E-state index in [4.69, 9.17) is 9.97 Å². The number of hydrogen-bond acceptors (Lipinski definition) is 2. The fourth-order valence-corrected chi connectivity index (χ4v) is 8.06. The van der Waals surface area contributed by atoms with Gasteiger partial charge in [0, 0.05) is 26.9 Å². The minimum atomic E-state index is -2.29. The largest absolute Gasteiger partial charge is 0.252 e. The zero-order chi connectivity index (χ0) is 28.9. The molecule has 4 rings (SSSR count). The first-order chi connectivity index (χ1) is 18.0. The first-order valence-electron chi connectivity index (χ1n) is 13.0. The van der Waals surface area contributed by atoms with Gasteiger partial charge in [0.25, 0.3) is 0 Å². The van der Waals surface area contributed by atoms with Crippen LogP contribution in [0.1, 0.15) is 25.2 Å². The van der Waals surface area contributed by atoms with Crippen molar-refractivity contribution in [2.45, 2.75) is 58.5 Å². The van der Waals surface area contributed by atoms with Gasteiger partial charge in [0.15, 0.2) is 0 Å². The molecule has 0 amide bonds. The van der Waals surface area contributed by atoms with Crippen LogP contribution in [0.2, 0.25) is 39.3 Å². The summed E-state index contributed by atoms with van der Waals surface area (Å²) in [6.45, 7) is 15.3. The van der Waals surface area contributed by atoms with Gasteiger partial charge < -0.3 is 0 Å². The van der Waals surface area contributed by atoms with Crippen molar-refractivity contribution in [2.75, 3.05) is 0 Å². The quantitative estimate of drug-likeness (QED) is 0.176. The van der Waals surface area contributed by atoms with Gasteiger partial charge in [-0.2, -0.15) is 0 Å². The van der Waals surface area contributed by atoms with Crippen molar-refractivity contribution in [3.63, 3.8) is 0 Å². The minimum absolute atomic E-state index is 0.153. The Labute approximate surface area is 230 Å². The van der Waals surface area contributed by atoms with Crippen molar-refractivity contribution in [2.24, 2.45) is 0 Å². The average Bonchev–Trinajstić information content (AvgIpc) is 2.82. The molecule has 0 fully saturated rings. The Bertz CT molecular complexity index is 1440. The van der Waals surface area contributed by atoms with E-state index < -0.39 is 44.8 Å². The summed E-state index contributed by atoms with van der Waals surface area (Å²) >= 11 is 0. The summed E-state index contributed by atoms with van der Waals surface area (Å²) in [6, 6.07) is 16.1. The molecule has 0 unspecified atom stereocenters. The normalized spacial score (nSPS) is 12.6. The zero-order valence-electron chi connectivity index (χ0n) is 23.7. The van der Waals surface area contributed by atoms with Crippen LogP contribution in [0.3, 0.4) is 0 Å². The summed E-state index contributed by atoms with van der Waals surface area (Å²) in [4.78, 5) is 9.56. The van der Waals surface area contributed by atoms with Crippen molar-refractivity contribution in [3.05, 3.63) is 95.3 Å². The SMILES string of the molecule is CC(C)(c1cccc(-c2ccc(F)c([Si](C)(C)C)c2F)n1)c1cccc(-c2ccc(F)c([Si](C)(C)C)c2F)n1. The third-order valence-corrected chi connectivity index (χ3v) is 10.9. The first kappa shape index (κ1) is 28.9. The summed E-state index contributed by atoms with van der Waals surface area (Å²) in [5.41, 5.74) is 1.83. The van der Waals surface area contributed by atoms with E-state index in [-0.39, 0.29) is 21.5 Å². The fourth-order valence-electron chi connectivity index (χ4n) is 4.87. The van der Waals surface area contributed by atoms with Crippen molar-refractivity contribution in [1.29, 1.82) is 0 Å². The van der Waals surface area contributed by atoms with Crippen LogP contribution in [0.4, 0.5) is 17.6 Å². The predicted octanol–water partition coefficient (Wildman–Crippen LogP) is 7.78. The van der Waals surface area contributed by atoms with E-state index in [1.54, 1.807) is 24.3 Å². The monoisotopic (exact) mass is 566 g/mol. The molecule has 0 aliphatic rings. The van der Waals surface area contributed by atoms with E-state index in [1.165, 1.54) is 24.3 Å². The van der Waals surface area contributed by atoms with Crippen LogP contribution in [-0.2, 0) is 5.41 Å². The molecule has 0 saturated carbocycles. The number of nitrogens with zero attached hydrogens (tertiary/aromatic N) is 2. The Morgan fingerprint density at radius 3 is 1.23 bits per heavy atom. The van der Waals surface area contributed by atoms with Gasteiger partial charge in [-0.3, -0.25) is 9.97 Å². The number of rotatable bonds is 6. The van der Waals surface area contributed by atoms with E-state index in [0.29, 0.717) is 22.8 Å². The highest BCUT2D eigenvalue weighted by molar-refractivity contribution is 6.89. The molecule has 0 atom stereocenters. The van der Waals surface area contributed by atoms with E-state index in [1.807, 2.05) is 65.3 Å². The van der Waals surface area contributed by atoms with Crippen LogP contribution in [0.25, 0.3) is 22.5 Å². The molecule has 2 aromatic heterocycles. The van der Waals surface area contributed by atoms with Gasteiger partial charge in [0.2, 0.25) is 0 Å². The molecule has 0 aliphatic carbocycles. The third kappa shape index (κ3) is 5.49. The van der Waals surface area contributed by atoms with Crippen molar-refractivity contribution in [1.82, 2.24) is 9.97 Å². The maximum absolute atomic E-state index is 15.6. The highest BCUT2D eigenvalue weighted by Gasteiger charge is 2.31. The van der Waals surface area contributed by atoms with E-state index in [2.05, 4.69) is 0 Å². The predicted molar refractivity (Wildman–Crippen MR) is 157 cm³/mol. The Kier molecular flexibility index (Phi) is 7.51. The second-order valence-electron chi connectivity index (χ2n) is 12.5. The molecule has 2 heterocycles. The number of pyridine rings is 2. The van der Waals surface area contributed by atoms with Crippen LogP contribution in [0.5, 0.6) is 0 Å². The van der Waals surface area contributed by atoms with Gasteiger partial charge >= 0.3 is 0 Å². The van der Waals surface area contributed by atoms with Gasteiger partial charge in [-0.1, -0.05) is 51.4 Å². The zero-order valence-corrected chi connectivity index (χ0v) is 25.7. The summed E-state index contributed by atoms with van der Waals surface area (Å²) in [6.07, 6.45) is 0. The third-order valence-electron chi connectivity index (χ3n) is 7.01. The van der Waals surface area contributed by atoms with Gasteiger partial charge in [-0.05, 0) is 62.4 Å². The maximum atomic E-state index is 15.6. The summed E-state index contributed by atoms with van der Waals surface area (Å²) in [7, 11) is -4.58. The van der Waals surface area contributed by atoms with Gasteiger partial charge in [0.05, 0.1) is 38.9 Å². The lowest BCUT2D eigenvalue weighted by molar-refractivity contribution is 0.590. The average molecular weight is 567 g/mol. The van der Waals surface area contributed by atoms with Crippen LogP contribution in [0.15, 0.2) is 60.7 Å². The highest BCUT2D eigenvalue weighted by Crippen LogP contribution is 2.33. The van der Waals surface area contributed by atoms with Gasteiger partial charge in [-0.15, -0.1) is 0 Å². The smallest absolute Gasteiger partial charge is 0.134 e. The molecule has 4 aromatic rings. The van der Waals surface area contributed by atoms with E-state index >= 15 is 8.78 Å². The number of hydrogen-bond donors (Lipinski definition) is 0. The molecule has 39 heavy (non-hydrogen) atoms. The molecular formula is C31H34F4N2Si2. The van der Waals surface area contributed by atoms with Crippen LogP contribution >= 0.6 is 0 Å². The molecule has 0 radical (unpaired) electrons. The molecule has 2 nitrogen and oxygen atoms in total. The van der Waals surface area contributed by atoms with E-state index in [0.717, 1.165) is 0 Å². The molecule has 204 valence electrons. The lowest BCUT2D eigenvalue weighted by atomic mass is 9.84. The summed E-state index contributed by atoms with van der Waals surface area (Å²) in [5, 5.41) is 0.305. The molecule has 2 aromatic carbocycles. The molecule has 8 heteroatoms. The second kappa shape index (κ2) is 10.1. The molecule has 0 saturated heterocycles. The highest BCUT2D eigenvalue weighted by atomic mass is 28.3. The van der Waals surface area contributed by atoms with Crippen LogP contribution in [0, 0.1) is 23.3 Å². The topological polar surface area (TPSA) is 25.8 Å². The van der Waals surface area contributed by atoms with Gasteiger partial charge in [0.1, 0.15) is 23.3 Å². The van der Waals surface area contributed by atoms with E-state index in [9.17, 15) is 8.78 Å². The lowest BCUT2D eigenvalue weighted by Gasteiger charge is -2.25. The molecule has 0 N–H and O–H groups in total. The molecule has 0 spiro atoms. The lowest BCUT2D eigenvalue weighted by Crippen LogP contribution is -2.42. The van der Waals surface area contributed by atoms with Crippen molar-refractivity contribution in [3.8, 4) is 22.5 Å². The summed E-state index contributed by atoms with van der Waals surface area (Å²) < 4.78 is 60.3. The van der Waals surface area contributed by atoms with Crippen molar-refractivity contribution >= 4 is 26.5 Å². The first-order valence-corrected chi connectivity index (χ1v) is 20.0. The van der Waals surface area contributed by atoms with Crippen LogP contribution < -0.4 is 10.4 Å². The van der Waals surface area contributed by atoms with Gasteiger partial charge in [-0.25, -0.2) is 17.6 Å². The Morgan fingerprint density at radius 1 is 0.538 bits per heavy atom. The maximum Gasteiger partial charge on any atom is 0.134 e. The Morgan fingerprint density at radius 2 is 0.897 bits per heavy atom.